The minimum atomic E-state index is -0.323. The highest BCUT2D eigenvalue weighted by molar-refractivity contribution is 6.35. The van der Waals surface area contributed by atoms with Gasteiger partial charge in [-0.25, -0.2) is 9.37 Å². The van der Waals surface area contributed by atoms with Crippen LogP contribution in [0.5, 0.6) is 0 Å². The van der Waals surface area contributed by atoms with Crippen LogP contribution in [-0.4, -0.2) is 21.8 Å². The van der Waals surface area contributed by atoms with Crippen molar-refractivity contribution in [1.82, 2.24) is 9.55 Å². The lowest BCUT2D eigenvalue weighted by Crippen LogP contribution is -2.13. The molecule has 2 N–H and O–H groups in total. The molecule has 0 saturated carbocycles. The van der Waals surface area contributed by atoms with Crippen molar-refractivity contribution in [3.63, 3.8) is 0 Å². The molecule has 0 unspecified atom stereocenters. The third kappa shape index (κ3) is 2.65. The van der Waals surface area contributed by atoms with Crippen LogP contribution in [-0.2, 0) is 13.0 Å². The monoisotopic (exact) mass is 354 g/mol. The van der Waals surface area contributed by atoms with Gasteiger partial charge in [0.25, 0.3) is 0 Å². The zero-order valence-electron chi connectivity index (χ0n) is 13.4. The van der Waals surface area contributed by atoms with E-state index in [2.05, 4.69) is 4.98 Å². The lowest BCUT2D eigenvalue weighted by molar-refractivity contribution is 0.612. The maximum absolute atomic E-state index is 14.9. The predicted molar refractivity (Wildman–Crippen MR) is 97.1 cm³/mol. The Kier molecular flexibility index (Phi) is 4.11. The van der Waals surface area contributed by atoms with Crippen molar-refractivity contribution in [1.29, 1.82) is 0 Å². The van der Waals surface area contributed by atoms with Gasteiger partial charge in [-0.2, -0.15) is 0 Å². The number of aliphatic imine (C=N–C) groups is 1. The van der Waals surface area contributed by atoms with Crippen LogP contribution in [0.2, 0.25) is 5.02 Å². The number of fused-ring (bicyclic) bond motifs is 3. The number of hydrogen-bond acceptors (Lipinski definition) is 3. The largest absolute Gasteiger partial charge is 0.330 e. The lowest BCUT2D eigenvalue weighted by atomic mass is 10.00. The number of benzene rings is 2. The number of imidazole rings is 1. The molecule has 1 aromatic heterocycles. The average Bonchev–Trinajstić information content (AvgIpc) is 2.91. The molecule has 6 heteroatoms. The average molecular weight is 355 g/mol. The van der Waals surface area contributed by atoms with E-state index in [0.29, 0.717) is 47.3 Å². The summed E-state index contributed by atoms with van der Waals surface area (Å²) < 4.78 is 16.7. The van der Waals surface area contributed by atoms with Crippen LogP contribution in [0.15, 0.2) is 53.7 Å². The molecule has 0 bridgehead atoms. The van der Waals surface area contributed by atoms with Gasteiger partial charge in [-0.1, -0.05) is 41.9 Å². The standard InChI is InChI=1S/C19H16ClFN4/c20-15-6-2-1-4-13(15)18-14-5-3-7-16(21)19(14)25-12(8-9-22)10-23-17(25)11-24-18/h1-7,10H,8-9,11,22H2. The molecular formula is C19H16ClFN4. The highest BCUT2D eigenvalue weighted by Crippen LogP contribution is 2.30. The number of nitrogens with two attached hydrogens (primary N) is 1. The smallest absolute Gasteiger partial charge is 0.147 e. The highest BCUT2D eigenvalue weighted by atomic mass is 35.5. The van der Waals surface area contributed by atoms with Crippen molar-refractivity contribution in [2.24, 2.45) is 10.7 Å². The number of aromatic nitrogens is 2. The van der Waals surface area contributed by atoms with E-state index >= 15 is 0 Å². The Labute approximate surface area is 149 Å². The van der Waals surface area contributed by atoms with Gasteiger partial charge in [-0.15, -0.1) is 0 Å². The molecular weight excluding hydrogens is 339 g/mol. The molecule has 126 valence electrons. The maximum atomic E-state index is 14.9. The summed E-state index contributed by atoms with van der Waals surface area (Å²) in [6, 6.07) is 12.5. The molecule has 0 amide bonds. The molecule has 3 aromatic rings. The maximum Gasteiger partial charge on any atom is 0.147 e. The number of para-hydroxylation sites is 1. The second-order valence-corrected chi connectivity index (χ2v) is 6.23. The first-order valence-electron chi connectivity index (χ1n) is 8.05. The molecule has 2 heterocycles. The van der Waals surface area contributed by atoms with Gasteiger partial charge in [0.1, 0.15) is 11.6 Å². The van der Waals surface area contributed by atoms with E-state index < -0.39 is 0 Å². The zero-order chi connectivity index (χ0) is 17.4. The first-order valence-corrected chi connectivity index (χ1v) is 8.42. The Balaban J connectivity index is 2.00. The molecule has 0 spiro atoms. The molecule has 2 aromatic carbocycles. The summed E-state index contributed by atoms with van der Waals surface area (Å²) in [7, 11) is 0. The molecule has 0 fully saturated rings. The molecule has 1 aliphatic rings. The summed E-state index contributed by atoms with van der Waals surface area (Å²) in [5, 5.41) is 0.582. The normalized spacial score (nSPS) is 13.0. The van der Waals surface area contributed by atoms with Gasteiger partial charge in [0, 0.05) is 34.5 Å². The Bertz CT molecular complexity index is 977. The molecule has 0 aliphatic carbocycles. The van der Waals surface area contributed by atoms with Crippen LogP contribution in [0.3, 0.4) is 0 Å². The van der Waals surface area contributed by atoms with Crippen LogP contribution >= 0.6 is 11.6 Å². The summed E-state index contributed by atoms with van der Waals surface area (Å²) in [6.07, 6.45) is 2.36. The fourth-order valence-electron chi connectivity index (χ4n) is 3.19. The van der Waals surface area contributed by atoms with Gasteiger partial charge in [0.2, 0.25) is 0 Å². The first kappa shape index (κ1) is 16.0. The molecule has 0 saturated heterocycles. The van der Waals surface area contributed by atoms with Crippen molar-refractivity contribution >= 4 is 17.3 Å². The van der Waals surface area contributed by atoms with Crippen molar-refractivity contribution in [2.75, 3.05) is 6.54 Å². The van der Waals surface area contributed by atoms with E-state index in [4.69, 9.17) is 22.3 Å². The van der Waals surface area contributed by atoms with Crippen molar-refractivity contribution in [2.45, 2.75) is 13.0 Å². The lowest BCUT2D eigenvalue weighted by Gasteiger charge is -2.15. The van der Waals surface area contributed by atoms with Crippen LogP contribution < -0.4 is 5.73 Å². The summed E-state index contributed by atoms with van der Waals surface area (Å²) in [5.74, 6) is 0.369. The van der Waals surface area contributed by atoms with E-state index in [1.54, 1.807) is 12.3 Å². The van der Waals surface area contributed by atoms with Gasteiger partial charge in [0.15, 0.2) is 0 Å². The van der Waals surface area contributed by atoms with Crippen LogP contribution in [0.1, 0.15) is 22.6 Å². The number of rotatable bonds is 3. The summed E-state index contributed by atoms with van der Waals surface area (Å²) in [6.45, 7) is 0.812. The van der Waals surface area contributed by atoms with Gasteiger partial charge in [0.05, 0.1) is 17.9 Å². The van der Waals surface area contributed by atoms with E-state index in [1.165, 1.54) is 6.07 Å². The third-order valence-electron chi connectivity index (χ3n) is 4.28. The second kappa shape index (κ2) is 6.43. The summed E-state index contributed by atoms with van der Waals surface area (Å²) in [4.78, 5) is 9.13. The number of hydrogen-bond donors (Lipinski definition) is 1. The summed E-state index contributed by atoms with van der Waals surface area (Å²) >= 11 is 6.37. The van der Waals surface area contributed by atoms with Gasteiger partial charge in [-0.05, 0) is 18.7 Å². The van der Waals surface area contributed by atoms with Crippen LogP contribution in [0.4, 0.5) is 4.39 Å². The van der Waals surface area contributed by atoms with Crippen LogP contribution in [0, 0.1) is 5.82 Å². The van der Waals surface area contributed by atoms with Crippen molar-refractivity contribution < 1.29 is 4.39 Å². The quantitative estimate of drug-likeness (QED) is 0.782. The Morgan fingerprint density at radius 1 is 1.12 bits per heavy atom. The van der Waals surface area contributed by atoms with E-state index in [-0.39, 0.29) is 5.82 Å². The third-order valence-corrected chi connectivity index (χ3v) is 4.61. The van der Waals surface area contributed by atoms with Crippen molar-refractivity contribution in [3.8, 4) is 5.69 Å². The van der Waals surface area contributed by atoms with Gasteiger partial charge < -0.3 is 5.73 Å². The Morgan fingerprint density at radius 3 is 2.72 bits per heavy atom. The number of halogens is 2. The second-order valence-electron chi connectivity index (χ2n) is 5.82. The first-order chi connectivity index (χ1) is 12.2. The minimum Gasteiger partial charge on any atom is -0.330 e. The predicted octanol–water partition coefficient (Wildman–Crippen LogP) is 3.52. The molecule has 0 radical (unpaired) electrons. The van der Waals surface area contributed by atoms with Gasteiger partial charge >= 0.3 is 0 Å². The van der Waals surface area contributed by atoms with E-state index in [0.717, 1.165) is 11.3 Å². The molecule has 25 heavy (non-hydrogen) atoms. The van der Waals surface area contributed by atoms with Gasteiger partial charge in [-0.3, -0.25) is 9.56 Å². The zero-order valence-corrected chi connectivity index (χ0v) is 14.2. The SMILES string of the molecule is NCCc1cnc2n1-c1c(F)cccc1C(c1ccccc1Cl)=NC2. The molecule has 4 nitrogen and oxygen atoms in total. The fourth-order valence-corrected chi connectivity index (χ4v) is 3.42. The van der Waals surface area contributed by atoms with E-state index in [1.807, 2.05) is 34.9 Å². The molecule has 1 aliphatic heterocycles. The Hall–Kier alpha value is -2.50. The van der Waals surface area contributed by atoms with E-state index in [9.17, 15) is 4.39 Å². The molecule has 4 rings (SSSR count). The Morgan fingerprint density at radius 2 is 1.92 bits per heavy atom. The topological polar surface area (TPSA) is 56.2 Å². The fraction of sp³-hybridized carbons (Fsp3) is 0.158. The highest BCUT2D eigenvalue weighted by Gasteiger charge is 2.25. The minimum absolute atomic E-state index is 0.323. The number of nitrogens with zero attached hydrogens (tertiary/aromatic N) is 3. The summed E-state index contributed by atoms with van der Waals surface area (Å²) in [5.41, 5.74) is 9.18. The van der Waals surface area contributed by atoms with Crippen LogP contribution in [0.25, 0.3) is 5.69 Å². The van der Waals surface area contributed by atoms with Crippen molar-refractivity contribution in [3.05, 3.63) is 82.1 Å². The molecule has 0 atom stereocenters.